The minimum Gasteiger partial charge on any atom is -0.223 e. The maximum absolute atomic E-state index is 12.3. The molecule has 0 saturated carbocycles. The van der Waals surface area contributed by atoms with E-state index >= 15 is 0 Å². The van der Waals surface area contributed by atoms with Crippen LogP contribution in [-0.2, 0) is 9.84 Å². The Bertz CT molecular complexity index is 834. The Kier molecular flexibility index (Phi) is 11.6. The molecule has 0 radical (unpaired) electrons. The molecule has 2 nitrogen and oxygen atoms in total. The summed E-state index contributed by atoms with van der Waals surface area (Å²) in [5.41, 5.74) is 5.39. The molecule has 0 amide bonds. The molecule has 0 aliphatic heterocycles. The molecule has 29 heavy (non-hydrogen) atoms. The summed E-state index contributed by atoms with van der Waals surface area (Å²) in [5, 5.41) is 0. The van der Waals surface area contributed by atoms with Gasteiger partial charge in [0, 0.05) is 0 Å². The van der Waals surface area contributed by atoms with Gasteiger partial charge in [-0.2, -0.15) is 0 Å². The number of rotatable bonds is 12. The molecule has 0 unspecified atom stereocenters. The molecular formula is C26H38O2S. The van der Waals surface area contributed by atoms with Gasteiger partial charge >= 0.3 is 0 Å². The summed E-state index contributed by atoms with van der Waals surface area (Å²) in [6.45, 7) is 10.7. The first-order chi connectivity index (χ1) is 13.7. The van der Waals surface area contributed by atoms with Gasteiger partial charge in [-0.15, -0.1) is 0 Å². The van der Waals surface area contributed by atoms with E-state index in [0.717, 1.165) is 44.1 Å². The van der Waals surface area contributed by atoms with Crippen molar-refractivity contribution in [3.63, 3.8) is 0 Å². The molecule has 0 atom stereocenters. The van der Waals surface area contributed by atoms with Crippen molar-refractivity contribution >= 4 is 9.84 Å². The fourth-order valence-electron chi connectivity index (χ4n) is 2.96. The van der Waals surface area contributed by atoms with Gasteiger partial charge in [0.05, 0.1) is 10.6 Å². The largest absolute Gasteiger partial charge is 0.223 e. The summed E-state index contributed by atoms with van der Waals surface area (Å²) < 4.78 is 24.7. The number of sulfone groups is 1. The molecule has 0 N–H and O–H groups in total. The van der Waals surface area contributed by atoms with Crippen LogP contribution in [0.5, 0.6) is 0 Å². The zero-order valence-electron chi connectivity index (χ0n) is 18.9. The zero-order valence-corrected chi connectivity index (χ0v) is 19.7. The lowest BCUT2D eigenvalue weighted by molar-refractivity contribution is 0.599. The first-order valence-corrected chi connectivity index (χ1v) is 12.2. The van der Waals surface area contributed by atoms with Crippen molar-refractivity contribution in [1.29, 1.82) is 0 Å². The summed E-state index contributed by atoms with van der Waals surface area (Å²) in [5.74, 6) is 0.0718. The summed E-state index contributed by atoms with van der Waals surface area (Å²) in [6.07, 6.45) is 15.1. The first kappa shape index (κ1) is 25.2. The number of hydrogen-bond acceptors (Lipinski definition) is 2. The Morgan fingerprint density at radius 2 is 1.14 bits per heavy atom. The van der Waals surface area contributed by atoms with Gasteiger partial charge in [-0.1, -0.05) is 64.8 Å². The van der Waals surface area contributed by atoms with Crippen molar-refractivity contribution < 1.29 is 8.42 Å². The minimum atomic E-state index is -3.23. The molecule has 0 aromatic heterocycles. The van der Waals surface area contributed by atoms with E-state index in [1.807, 2.05) is 19.1 Å². The third-order valence-electron chi connectivity index (χ3n) is 4.91. The number of hydrogen-bond donors (Lipinski definition) is 0. The minimum absolute atomic E-state index is 0.0718. The van der Waals surface area contributed by atoms with Gasteiger partial charge in [-0.3, -0.25) is 0 Å². The van der Waals surface area contributed by atoms with Gasteiger partial charge < -0.3 is 0 Å². The smallest absolute Gasteiger partial charge is 0.181 e. The van der Waals surface area contributed by atoms with E-state index in [1.54, 1.807) is 24.3 Å². The molecule has 0 fully saturated rings. The summed E-state index contributed by atoms with van der Waals surface area (Å²) in [4.78, 5) is 0.393. The quantitative estimate of drug-likeness (QED) is 0.330. The number of benzene rings is 1. The summed E-state index contributed by atoms with van der Waals surface area (Å²) >= 11 is 0. The molecule has 1 aromatic rings. The molecule has 1 rings (SSSR count). The maximum atomic E-state index is 12.3. The van der Waals surface area contributed by atoms with E-state index in [1.165, 1.54) is 16.7 Å². The molecule has 3 heteroatoms. The Labute approximate surface area is 179 Å². The third-order valence-corrected chi connectivity index (χ3v) is 6.50. The van der Waals surface area contributed by atoms with Crippen molar-refractivity contribution in [2.24, 2.45) is 0 Å². The van der Waals surface area contributed by atoms with Crippen LogP contribution in [0.2, 0.25) is 0 Å². The second-order valence-electron chi connectivity index (χ2n) is 8.14. The van der Waals surface area contributed by atoms with Gasteiger partial charge in [0.2, 0.25) is 0 Å². The molecule has 0 heterocycles. The van der Waals surface area contributed by atoms with E-state index < -0.39 is 9.84 Å². The van der Waals surface area contributed by atoms with Gasteiger partial charge in [-0.05, 0) is 85.3 Å². The van der Waals surface area contributed by atoms with E-state index in [0.29, 0.717) is 4.90 Å². The standard InChI is InChI=1S/C26H38O2S/c1-22(2)12-9-13-23(3)14-10-15-24(4)16-11-17-25(5)20-21-29(27,28)26-18-7-6-8-19-26/h6-8,12,14,16,18-20H,9-11,13,15,17,21H2,1-5H3/b23-14+,24-16+,25-20+. The van der Waals surface area contributed by atoms with Gasteiger partial charge in [0.25, 0.3) is 0 Å². The van der Waals surface area contributed by atoms with Crippen LogP contribution in [0.1, 0.15) is 73.1 Å². The lowest BCUT2D eigenvalue weighted by atomic mass is 10.0. The molecule has 160 valence electrons. The van der Waals surface area contributed by atoms with Crippen LogP contribution < -0.4 is 0 Å². The normalized spacial score (nSPS) is 13.5. The monoisotopic (exact) mass is 414 g/mol. The van der Waals surface area contributed by atoms with Crippen LogP contribution in [0.4, 0.5) is 0 Å². The predicted octanol–water partition coefficient (Wildman–Crippen LogP) is 7.61. The van der Waals surface area contributed by atoms with Gasteiger partial charge in [-0.25, -0.2) is 8.42 Å². The molecule has 0 aliphatic carbocycles. The van der Waals surface area contributed by atoms with Crippen LogP contribution in [0.15, 0.2) is 81.8 Å². The highest BCUT2D eigenvalue weighted by Crippen LogP contribution is 2.15. The number of allylic oxidation sites excluding steroid dienone is 7. The van der Waals surface area contributed by atoms with E-state index in [2.05, 4.69) is 45.9 Å². The fraction of sp³-hybridized carbons (Fsp3) is 0.462. The molecule has 0 saturated heterocycles. The lowest BCUT2D eigenvalue weighted by Gasteiger charge is -2.04. The highest BCUT2D eigenvalue weighted by Gasteiger charge is 2.11. The fourth-order valence-corrected chi connectivity index (χ4v) is 4.23. The Morgan fingerprint density at radius 3 is 1.62 bits per heavy atom. The van der Waals surface area contributed by atoms with Crippen LogP contribution >= 0.6 is 0 Å². The van der Waals surface area contributed by atoms with E-state index in [9.17, 15) is 8.42 Å². The molecular weight excluding hydrogens is 376 g/mol. The van der Waals surface area contributed by atoms with Crippen LogP contribution in [0.3, 0.4) is 0 Å². The van der Waals surface area contributed by atoms with Gasteiger partial charge in [0.15, 0.2) is 9.84 Å². The highest BCUT2D eigenvalue weighted by atomic mass is 32.2. The lowest BCUT2D eigenvalue weighted by Crippen LogP contribution is -2.04. The second kappa shape index (κ2) is 13.4. The topological polar surface area (TPSA) is 34.1 Å². The van der Waals surface area contributed by atoms with Crippen LogP contribution in [-0.4, -0.2) is 14.2 Å². The average molecular weight is 415 g/mol. The van der Waals surface area contributed by atoms with E-state index in [4.69, 9.17) is 0 Å². The Morgan fingerprint density at radius 1 is 0.690 bits per heavy atom. The van der Waals surface area contributed by atoms with Crippen molar-refractivity contribution in [3.05, 3.63) is 76.9 Å². The third kappa shape index (κ3) is 11.7. The van der Waals surface area contributed by atoms with Crippen molar-refractivity contribution in [1.82, 2.24) is 0 Å². The summed E-state index contributed by atoms with van der Waals surface area (Å²) in [7, 11) is -3.23. The Hall–Kier alpha value is -1.87. The van der Waals surface area contributed by atoms with Crippen molar-refractivity contribution in [3.8, 4) is 0 Å². The summed E-state index contributed by atoms with van der Waals surface area (Å²) in [6, 6.07) is 8.66. The SMILES string of the molecule is CC(C)=CCC/C(C)=C/CC/C(C)=C/CC/C(C)=C/CS(=O)(=O)c1ccccc1. The van der Waals surface area contributed by atoms with Crippen LogP contribution in [0.25, 0.3) is 0 Å². The van der Waals surface area contributed by atoms with Crippen molar-refractivity contribution in [2.75, 3.05) is 5.75 Å². The molecule has 0 spiro atoms. The zero-order chi connectivity index (χ0) is 21.7. The van der Waals surface area contributed by atoms with Gasteiger partial charge in [0.1, 0.15) is 0 Å². The van der Waals surface area contributed by atoms with Crippen LogP contribution in [0, 0.1) is 0 Å². The average Bonchev–Trinajstić information content (AvgIpc) is 2.67. The van der Waals surface area contributed by atoms with E-state index in [-0.39, 0.29) is 5.75 Å². The molecule has 0 aliphatic rings. The van der Waals surface area contributed by atoms with Crippen molar-refractivity contribution in [2.45, 2.75) is 78.0 Å². The first-order valence-electron chi connectivity index (χ1n) is 10.6. The second-order valence-corrected chi connectivity index (χ2v) is 10.2. The Balaban J connectivity index is 2.38. The maximum Gasteiger partial charge on any atom is 0.181 e. The predicted molar refractivity (Wildman–Crippen MR) is 127 cm³/mol. The molecule has 1 aromatic carbocycles. The molecule has 0 bridgehead atoms. The highest BCUT2D eigenvalue weighted by molar-refractivity contribution is 7.91.